The number of aromatic nitrogens is 4. The van der Waals surface area contributed by atoms with Crippen LogP contribution in [0.4, 0.5) is 37.5 Å². The number of piperidine rings is 3. The van der Waals surface area contributed by atoms with E-state index in [2.05, 4.69) is 134 Å². The molecule has 34 heteroatoms. The lowest BCUT2D eigenvalue weighted by Crippen LogP contribution is -2.55. The third-order valence-corrected chi connectivity index (χ3v) is 25.2. The fraction of sp³-hybridized carbons (Fsp3) is 0.440. The molecule has 17 rings (SSSR count). The van der Waals surface area contributed by atoms with Gasteiger partial charge in [-0.1, -0.05) is 120 Å². The number of benzene rings is 6. The maximum atomic E-state index is 14.1. The Bertz CT molecular complexity index is 5230. The molecule has 125 heavy (non-hydrogen) atoms. The van der Waals surface area contributed by atoms with Gasteiger partial charge in [-0.05, 0) is 236 Å². The first-order chi connectivity index (χ1) is 59.0. The van der Waals surface area contributed by atoms with Gasteiger partial charge >= 0.3 is 48.1 Å². The van der Waals surface area contributed by atoms with Crippen LogP contribution >= 0.6 is 0 Å². The zero-order valence-corrected chi connectivity index (χ0v) is 68.7. The Hall–Kier alpha value is -12.4. The number of carbonyl (C=O) groups excluding carboxylic acids is 9. The van der Waals surface area contributed by atoms with Crippen LogP contribution in [0.1, 0.15) is 182 Å². The third-order valence-electron chi connectivity index (χ3n) is 25.2. The maximum absolute atomic E-state index is 14.1. The Labute approximate surface area is 724 Å². The number of amides is 13. The largest absolute Gasteiger partial charge is 0.466 e. The number of rotatable bonds is 19. The number of carbonyl (C=O) groups is 9. The second-order valence-electron chi connectivity index (χ2n) is 32.1. The lowest BCUT2D eigenvalue weighted by molar-refractivity contribution is -0.137. The van der Waals surface area contributed by atoms with Gasteiger partial charge in [-0.15, -0.1) is 0 Å². The first kappa shape index (κ1) is 91.8. The SMILES string of the molecule is C.C.C.CCC1=C(C(N)=O)C(c2ccc(F)c(F)c2)N(C(=O)NCCCN2CCC3(CC2)OCc2ccccc23)C(=O)N1.COC(=O)C1=C(C)NC(=O)N(C(=O)NCCCN2CCC3(CC2)OCc2ccccc23)C1c1ccc2nonc2c1.COC(=O)C1=C(C)NC(=O)N(C(=O)NCCCN2CCC3(CCc4ccccc43)CC2)C1c1ccc2nonc2c1. The number of aryl methyl sites for hydroxylation is 1. The lowest BCUT2D eigenvalue weighted by atomic mass is 9.74. The molecule has 3 spiro atoms. The van der Waals surface area contributed by atoms with Crippen molar-refractivity contribution in [1.82, 2.24) is 81.9 Å². The summed E-state index contributed by atoms with van der Waals surface area (Å²) in [5, 5.41) is 31.6. The number of fused-ring (bicyclic) bond motifs is 8. The molecule has 8 aliphatic heterocycles. The van der Waals surface area contributed by atoms with Gasteiger partial charge < -0.3 is 71.3 Å². The Morgan fingerprint density at radius 3 is 1.26 bits per heavy atom. The molecule has 8 aromatic rings. The number of methoxy groups -OCH3 is 2. The molecule has 13 amide bonds. The number of hydrogen-bond donors (Lipinski definition) is 7. The number of ether oxygens (including phenoxy) is 4. The van der Waals surface area contributed by atoms with Gasteiger partial charge in [0.05, 0.1) is 55.4 Å². The predicted octanol–water partition coefficient (Wildman–Crippen LogP) is 12.9. The summed E-state index contributed by atoms with van der Waals surface area (Å²) >= 11 is 0. The number of likely N-dealkylation sites (tertiary alicyclic amines) is 3. The van der Waals surface area contributed by atoms with E-state index in [4.69, 9.17) is 33.9 Å². The molecule has 8 N–H and O–H groups in total. The molecule has 0 bridgehead atoms. The van der Waals surface area contributed by atoms with Crippen molar-refractivity contribution < 1.29 is 80.1 Å². The summed E-state index contributed by atoms with van der Waals surface area (Å²) < 4.78 is 59.9. The topological polar surface area (TPSA) is 386 Å². The van der Waals surface area contributed by atoms with Crippen molar-refractivity contribution in [3.05, 3.63) is 223 Å². The van der Waals surface area contributed by atoms with Crippen LogP contribution < -0.4 is 37.6 Å². The fourth-order valence-corrected chi connectivity index (χ4v) is 18.8. The number of nitrogens with zero attached hydrogens (tertiary/aromatic N) is 10. The molecule has 3 saturated heterocycles. The van der Waals surface area contributed by atoms with E-state index in [9.17, 15) is 51.9 Å². The van der Waals surface area contributed by atoms with E-state index >= 15 is 0 Å². The summed E-state index contributed by atoms with van der Waals surface area (Å²) in [5.74, 6) is -4.42. The smallest absolute Gasteiger partial charge is 0.337 e. The molecule has 0 saturated carbocycles. The Kier molecular flexibility index (Phi) is 29.1. The zero-order chi connectivity index (χ0) is 85.6. The van der Waals surface area contributed by atoms with Crippen molar-refractivity contribution in [3.63, 3.8) is 0 Å². The van der Waals surface area contributed by atoms with Gasteiger partial charge in [0.2, 0.25) is 5.91 Å². The summed E-state index contributed by atoms with van der Waals surface area (Å²) in [6, 6.07) is 31.3. The van der Waals surface area contributed by atoms with Crippen molar-refractivity contribution in [3.8, 4) is 0 Å². The number of primary amides is 1. The van der Waals surface area contributed by atoms with Crippen LogP contribution in [0.15, 0.2) is 170 Å². The molecule has 6 aromatic carbocycles. The molecule has 3 unspecified atom stereocenters. The zero-order valence-electron chi connectivity index (χ0n) is 68.7. The van der Waals surface area contributed by atoms with Gasteiger partial charge in [-0.3, -0.25) is 4.79 Å². The highest BCUT2D eigenvalue weighted by molar-refractivity contribution is 6.05. The van der Waals surface area contributed by atoms with E-state index in [1.165, 1.54) is 66.5 Å². The van der Waals surface area contributed by atoms with Gasteiger partial charge in [-0.2, -0.15) is 0 Å². The maximum Gasteiger partial charge on any atom is 0.337 e. The van der Waals surface area contributed by atoms with Crippen LogP contribution in [0.25, 0.3) is 22.1 Å². The molecule has 10 heterocycles. The van der Waals surface area contributed by atoms with Crippen LogP contribution in [-0.2, 0) is 69.6 Å². The number of allylic oxidation sites excluding steroid dienone is 3. The summed E-state index contributed by atoms with van der Waals surface area (Å²) in [7, 11) is 2.52. The van der Waals surface area contributed by atoms with Gasteiger partial charge in [0.15, 0.2) is 11.6 Å². The molecule has 9 aliphatic rings. The third kappa shape index (κ3) is 18.9. The molecular weight excluding hydrogens is 1610 g/mol. The minimum absolute atomic E-state index is 0. The Morgan fingerprint density at radius 1 is 0.472 bits per heavy atom. The highest BCUT2D eigenvalue weighted by Crippen LogP contribution is 2.49. The predicted molar refractivity (Wildman–Crippen MR) is 459 cm³/mol. The van der Waals surface area contributed by atoms with Crippen molar-refractivity contribution in [2.24, 2.45) is 5.73 Å². The standard InChI is InChI=1S/C30H34N6O5.C29H33F2N5O4.C29H32N6O6.3CH4/c1-19-25(27(37)40-2)26(21-8-9-23-24(18-21)34-41-33-23)36(29(39)32-19)28(38)31-14-5-15-35-16-12-30(13-17-35)11-10-20-6-3-4-7-22(20)30;1-2-23-24(26(32)37)25(18-8-9-21(30)22(31)16-18)36(28(39)34-23)27(38)33-12-5-13-35-14-10-29(11-15-35)20-7-4-3-6-19(20)17-40-29;1-18-24(26(36)39-2)25(19-8-9-22-23(16-19)33-41-32-22)35(28(38)31-18)27(37)30-12-5-13-34-14-10-29(11-15-34)21-7-4-3-6-20(21)17-40-29;;;/h3-4,6-9,18,26H,5,10-17H2,1-2H3,(H,31,38)(H,32,39);3-4,6-9,16,25H,2,5,10-15,17H2,1H3,(H2,32,37)(H,33,38)(H,34,39);3-4,6-9,16,25H,5,10-15,17H2,1-2H3,(H,30,37)(H,31,38);3*1H4. The first-order valence-electron chi connectivity index (χ1n) is 41.4. The van der Waals surface area contributed by atoms with E-state index in [1.54, 1.807) is 57.2 Å². The molecule has 664 valence electrons. The van der Waals surface area contributed by atoms with Gasteiger partial charge in [0, 0.05) is 62.9 Å². The van der Waals surface area contributed by atoms with Crippen molar-refractivity contribution >= 4 is 76.1 Å². The monoisotopic (exact) mass is 1720 g/mol. The van der Waals surface area contributed by atoms with Crippen LogP contribution in [-0.4, -0.2) is 197 Å². The summed E-state index contributed by atoms with van der Waals surface area (Å²) in [5.41, 5.74) is 17.8. The second kappa shape index (κ2) is 39.6. The average Bonchev–Trinajstić information content (AvgIpc) is 1.08. The van der Waals surface area contributed by atoms with E-state index in [1.807, 2.05) is 6.07 Å². The first-order valence-corrected chi connectivity index (χ1v) is 41.4. The normalized spacial score (nSPS) is 19.8. The molecule has 3 atom stereocenters. The molecule has 0 radical (unpaired) electrons. The Balaban J connectivity index is 0.000000169. The van der Waals surface area contributed by atoms with Crippen molar-refractivity contribution in [2.75, 3.05) is 92.8 Å². The number of esters is 2. The molecular formula is C91H111F2N17O15. The van der Waals surface area contributed by atoms with Crippen molar-refractivity contribution in [2.45, 2.75) is 168 Å². The van der Waals surface area contributed by atoms with Crippen LogP contribution in [0.5, 0.6) is 0 Å². The lowest BCUT2D eigenvalue weighted by Gasteiger charge is -2.40. The second-order valence-corrected chi connectivity index (χ2v) is 32.1. The minimum atomic E-state index is -1.30. The summed E-state index contributed by atoms with van der Waals surface area (Å²) in [6.45, 7) is 15.2. The summed E-state index contributed by atoms with van der Waals surface area (Å²) in [4.78, 5) is 127. The number of urea groups is 6. The van der Waals surface area contributed by atoms with E-state index in [0.29, 0.717) is 89.1 Å². The summed E-state index contributed by atoms with van der Waals surface area (Å²) in [6.07, 6.45) is 10.7. The van der Waals surface area contributed by atoms with Crippen molar-refractivity contribution in [1.29, 1.82) is 0 Å². The van der Waals surface area contributed by atoms with Crippen LogP contribution in [0.2, 0.25) is 0 Å². The minimum Gasteiger partial charge on any atom is -0.466 e. The van der Waals surface area contributed by atoms with E-state index in [-0.39, 0.29) is 74.4 Å². The molecule has 3 fully saturated rings. The van der Waals surface area contributed by atoms with E-state index < -0.39 is 83.8 Å². The number of halogens is 2. The number of nitrogens with one attached hydrogen (secondary N) is 6. The number of imide groups is 3. The van der Waals surface area contributed by atoms with Gasteiger partial charge in [0.25, 0.3) is 0 Å². The number of hydrogen-bond acceptors (Lipinski definition) is 22. The molecule has 32 nitrogen and oxygen atoms in total. The van der Waals surface area contributed by atoms with Gasteiger partial charge in [-0.25, -0.2) is 71.1 Å². The quantitative estimate of drug-likeness (QED) is 0.0292. The van der Waals surface area contributed by atoms with E-state index in [0.717, 1.165) is 131 Å². The molecule has 1 aliphatic carbocycles. The molecule has 2 aromatic heterocycles. The average molecular weight is 1720 g/mol. The Morgan fingerprint density at radius 2 is 0.848 bits per heavy atom. The van der Waals surface area contributed by atoms with Gasteiger partial charge in [0.1, 0.15) is 40.2 Å². The highest BCUT2D eigenvalue weighted by atomic mass is 19.2. The fourth-order valence-electron chi connectivity index (χ4n) is 18.8. The van der Waals surface area contributed by atoms with Crippen LogP contribution in [0, 0.1) is 11.6 Å². The highest BCUT2D eigenvalue weighted by Gasteiger charge is 2.49. The van der Waals surface area contributed by atoms with Crippen LogP contribution in [0.3, 0.4) is 0 Å². The number of nitrogens with two attached hydrogens (primary N) is 1.